The molecule has 0 N–H and O–H groups in total. The first-order chi connectivity index (χ1) is 8.79. The van der Waals surface area contributed by atoms with E-state index in [0.29, 0.717) is 12.5 Å². The van der Waals surface area contributed by atoms with Crippen LogP contribution in [0.2, 0.25) is 0 Å². The Balaban J connectivity index is 1.91. The van der Waals surface area contributed by atoms with Gasteiger partial charge in [-0.1, -0.05) is 6.07 Å². The molecule has 0 unspecified atom stereocenters. The number of fused-ring (bicyclic) bond motifs is 1. The Hall–Kier alpha value is -1.82. The van der Waals surface area contributed by atoms with E-state index in [0.717, 1.165) is 24.2 Å². The van der Waals surface area contributed by atoms with Crippen LogP contribution in [0, 0.1) is 18.3 Å². The minimum Gasteiger partial charge on any atom is -0.325 e. The number of hydrogen-bond donors (Lipinski definition) is 0. The molecule has 0 amide bonds. The largest absolute Gasteiger partial charge is 0.325 e. The number of imidazole rings is 1. The number of unbranched alkanes of at least 4 members (excludes halogenated alkanes) is 1. The van der Waals surface area contributed by atoms with Gasteiger partial charge in [-0.15, -0.1) is 0 Å². The molecule has 1 saturated carbocycles. The van der Waals surface area contributed by atoms with E-state index in [2.05, 4.69) is 40.7 Å². The molecule has 1 aromatic carbocycles. The predicted octanol–water partition coefficient (Wildman–Crippen LogP) is 3.53. The van der Waals surface area contributed by atoms with Crippen LogP contribution in [-0.4, -0.2) is 9.55 Å². The predicted molar refractivity (Wildman–Crippen MR) is 71.3 cm³/mol. The molecule has 0 radical (unpaired) electrons. The zero-order valence-electron chi connectivity index (χ0n) is 10.7. The highest BCUT2D eigenvalue weighted by molar-refractivity contribution is 5.77. The Morgan fingerprint density at radius 1 is 1.44 bits per heavy atom. The first kappa shape index (κ1) is 11.3. The molecule has 1 aliphatic carbocycles. The van der Waals surface area contributed by atoms with Gasteiger partial charge in [0, 0.05) is 12.5 Å². The molecule has 0 aliphatic heterocycles. The van der Waals surface area contributed by atoms with Gasteiger partial charge in [-0.05, 0) is 50.3 Å². The number of nitriles is 1. The average Bonchev–Trinajstić information content (AvgIpc) is 3.12. The van der Waals surface area contributed by atoms with Crippen LogP contribution < -0.4 is 0 Å². The molecule has 1 aliphatic rings. The Morgan fingerprint density at radius 3 is 3.00 bits per heavy atom. The molecular formula is C15H17N3. The first-order valence-electron chi connectivity index (χ1n) is 6.64. The standard InChI is InChI=1S/C15H17N3/c1-11-17-14-10-12(4-2-3-9-16)5-8-15(14)18(11)13-6-7-13/h5,8,10,13H,2-4,6-7H2,1H3. The van der Waals surface area contributed by atoms with E-state index in [1.807, 2.05) is 0 Å². The lowest BCUT2D eigenvalue weighted by atomic mass is 10.1. The quantitative estimate of drug-likeness (QED) is 0.766. The first-order valence-corrected chi connectivity index (χ1v) is 6.64. The van der Waals surface area contributed by atoms with Crippen LogP contribution in [0.1, 0.15) is 43.1 Å². The van der Waals surface area contributed by atoms with Gasteiger partial charge in [0.05, 0.1) is 17.1 Å². The fourth-order valence-corrected chi connectivity index (χ4v) is 2.59. The summed E-state index contributed by atoms with van der Waals surface area (Å²) in [5.74, 6) is 1.13. The van der Waals surface area contributed by atoms with Crippen molar-refractivity contribution in [1.82, 2.24) is 9.55 Å². The molecule has 3 heteroatoms. The minimum atomic E-state index is 0.633. The van der Waals surface area contributed by atoms with E-state index in [4.69, 9.17) is 5.26 Å². The Bertz CT molecular complexity index is 614. The topological polar surface area (TPSA) is 41.6 Å². The summed E-state index contributed by atoms with van der Waals surface area (Å²) < 4.78 is 2.37. The molecule has 0 atom stereocenters. The van der Waals surface area contributed by atoms with E-state index in [-0.39, 0.29) is 0 Å². The molecule has 0 spiro atoms. The molecule has 92 valence electrons. The van der Waals surface area contributed by atoms with Crippen molar-refractivity contribution < 1.29 is 0 Å². The van der Waals surface area contributed by atoms with E-state index < -0.39 is 0 Å². The van der Waals surface area contributed by atoms with Crippen molar-refractivity contribution in [1.29, 1.82) is 5.26 Å². The van der Waals surface area contributed by atoms with Gasteiger partial charge in [0.2, 0.25) is 0 Å². The van der Waals surface area contributed by atoms with Crippen LogP contribution in [0.15, 0.2) is 18.2 Å². The second-order valence-electron chi connectivity index (χ2n) is 5.09. The van der Waals surface area contributed by atoms with Crippen molar-refractivity contribution >= 4 is 11.0 Å². The third-order valence-electron chi connectivity index (χ3n) is 3.60. The summed E-state index contributed by atoms with van der Waals surface area (Å²) in [5.41, 5.74) is 3.66. The van der Waals surface area contributed by atoms with Gasteiger partial charge in [0.1, 0.15) is 5.82 Å². The van der Waals surface area contributed by atoms with Crippen molar-refractivity contribution in [3.05, 3.63) is 29.6 Å². The Morgan fingerprint density at radius 2 is 2.28 bits per heavy atom. The van der Waals surface area contributed by atoms with Crippen LogP contribution in [0.4, 0.5) is 0 Å². The Kier molecular flexibility index (Phi) is 2.79. The van der Waals surface area contributed by atoms with Crippen LogP contribution >= 0.6 is 0 Å². The van der Waals surface area contributed by atoms with E-state index in [1.165, 1.54) is 23.9 Å². The summed E-state index contributed by atoms with van der Waals surface area (Å²) in [6.07, 6.45) is 5.11. The average molecular weight is 239 g/mol. The van der Waals surface area contributed by atoms with E-state index in [9.17, 15) is 0 Å². The molecule has 1 aromatic heterocycles. The smallest absolute Gasteiger partial charge is 0.106 e. The fraction of sp³-hybridized carbons (Fsp3) is 0.467. The van der Waals surface area contributed by atoms with Gasteiger partial charge in [0.25, 0.3) is 0 Å². The van der Waals surface area contributed by atoms with Gasteiger partial charge in [0.15, 0.2) is 0 Å². The van der Waals surface area contributed by atoms with Gasteiger partial charge in [-0.2, -0.15) is 5.26 Å². The van der Waals surface area contributed by atoms with Crippen LogP contribution in [0.25, 0.3) is 11.0 Å². The summed E-state index contributed by atoms with van der Waals surface area (Å²) in [6.45, 7) is 2.09. The SMILES string of the molecule is Cc1nc2cc(CCCC#N)ccc2n1C1CC1. The summed E-state index contributed by atoms with van der Waals surface area (Å²) in [5, 5.41) is 8.56. The molecule has 0 bridgehead atoms. The normalized spacial score (nSPS) is 14.9. The summed E-state index contributed by atoms with van der Waals surface area (Å²) >= 11 is 0. The fourth-order valence-electron chi connectivity index (χ4n) is 2.59. The molecule has 2 aromatic rings. The van der Waals surface area contributed by atoms with Crippen LogP contribution in [0.3, 0.4) is 0 Å². The van der Waals surface area contributed by atoms with Crippen molar-refractivity contribution in [2.45, 2.75) is 45.1 Å². The third-order valence-corrected chi connectivity index (χ3v) is 3.60. The van der Waals surface area contributed by atoms with Gasteiger partial charge >= 0.3 is 0 Å². The third kappa shape index (κ3) is 1.99. The number of aromatic nitrogens is 2. The maximum atomic E-state index is 8.56. The second kappa shape index (κ2) is 4.45. The van der Waals surface area contributed by atoms with Gasteiger partial charge in [-0.3, -0.25) is 0 Å². The van der Waals surface area contributed by atoms with Gasteiger partial charge < -0.3 is 4.57 Å². The highest BCUT2D eigenvalue weighted by Crippen LogP contribution is 2.38. The summed E-state index contributed by atoms with van der Waals surface area (Å²) in [6, 6.07) is 9.42. The second-order valence-corrected chi connectivity index (χ2v) is 5.09. The minimum absolute atomic E-state index is 0.633. The number of hydrogen-bond acceptors (Lipinski definition) is 2. The summed E-state index contributed by atoms with van der Waals surface area (Å²) in [4.78, 5) is 4.66. The van der Waals surface area contributed by atoms with Crippen molar-refractivity contribution in [3.8, 4) is 6.07 Å². The zero-order valence-corrected chi connectivity index (χ0v) is 10.7. The maximum Gasteiger partial charge on any atom is 0.106 e. The number of nitrogens with zero attached hydrogens (tertiary/aromatic N) is 3. The molecule has 3 rings (SSSR count). The van der Waals surface area contributed by atoms with Crippen molar-refractivity contribution in [2.24, 2.45) is 0 Å². The lowest BCUT2D eigenvalue weighted by molar-refractivity contribution is 0.734. The van der Waals surface area contributed by atoms with E-state index in [1.54, 1.807) is 0 Å². The van der Waals surface area contributed by atoms with Crippen molar-refractivity contribution in [3.63, 3.8) is 0 Å². The van der Waals surface area contributed by atoms with Crippen molar-refractivity contribution in [2.75, 3.05) is 0 Å². The molecular weight excluding hydrogens is 222 g/mol. The highest BCUT2D eigenvalue weighted by Gasteiger charge is 2.26. The number of aryl methyl sites for hydroxylation is 2. The van der Waals surface area contributed by atoms with Crippen LogP contribution in [0.5, 0.6) is 0 Å². The molecule has 1 heterocycles. The highest BCUT2D eigenvalue weighted by atomic mass is 15.1. The number of benzene rings is 1. The zero-order chi connectivity index (χ0) is 12.5. The Labute approximate surface area is 107 Å². The molecule has 18 heavy (non-hydrogen) atoms. The number of rotatable bonds is 4. The maximum absolute atomic E-state index is 8.56. The van der Waals surface area contributed by atoms with Crippen LogP contribution in [-0.2, 0) is 6.42 Å². The summed E-state index contributed by atoms with van der Waals surface area (Å²) in [7, 11) is 0. The molecule has 1 fully saturated rings. The lowest BCUT2D eigenvalue weighted by Gasteiger charge is -2.04. The molecule has 0 saturated heterocycles. The van der Waals surface area contributed by atoms with E-state index >= 15 is 0 Å². The van der Waals surface area contributed by atoms with Gasteiger partial charge in [-0.25, -0.2) is 4.98 Å². The lowest BCUT2D eigenvalue weighted by Crippen LogP contribution is -1.96. The molecule has 3 nitrogen and oxygen atoms in total. The monoisotopic (exact) mass is 239 g/mol.